The molecular formula is C18H20O3. The molecular weight excluding hydrogens is 264 g/mol. The van der Waals surface area contributed by atoms with E-state index >= 15 is 0 Å². The maximum absolute atomic E-state index is 11.3. The fraction of sp³-hybridized carbons (Fsp3) is 0.278. The van der Waals surface area contributed by atoms with E-state index in [9.17, 15) is 9.90 Å². The van der Waals surface area contributed by atoms with Crippen molar-refractivity contribution in [3.05, 3.63) is 71.8 Å². The van der Waals surface area contributed by atoms with Crippen molar-refractivity contribution in [3.63, 3.8) is 0 Å². The van der Waals surface area contributed by atoms with Crippen molar-refractivity contribution < 1.29 is 14.6 Å². The van der Waals surface area contributed by atoms with Crippen molar-refractivity contribution in [2.75, 3.05) is 6.61 Å². The normalized spacial score (nSPS) is 12.0. The van der Waals surface area contributed by atoms with Gasteiger partial charge in [0, 0.05) is 0 Å². The summed E-state index contributed by atoms with van der Waals surface area (Å²) in [5.41, 5.74) is 2.22. The van der Waals surface area contributed by atoms with Gasteiger partial charge in [0.25, 0.3) is 0 Å². The Bertz CT molecular complexity index is 537. The quantitative estimate of drug-likeness (QED) is 0.806. The second-order valence-electron chi connectivity index (χ2n) is 5.06. The number of aryl methyl sites for hydroxylation is 1. The van der Waals surface area contributed by atoms with Crippen molar-refractivity contribution in [1.29, 1.82) is 0 Å². The number of ether oxygens (including phenoxy) is 1. The average Bonchev–Trinajstić information content (AvgIpc) is 2.52. The highest BCUT2D eigenvalue weighted by atomic mass is 16.5. The second-order valence-corrected chi connectivity index (χ2v) is 5.06. The van der Waals surface area contributed by atoms with E-state index in [1.54, 1.807) is 0 Å². The van der Waals surface area contributed by atoms with Crippen LogP contribution in [0.15, 0.2) is 60.7 Å². The van der Waals surface area contributed by atoms with Gasteiger partial charge in [0.1, 0.15) is 0 Å². The van der Waals surface area contributed by atoms with Gasteiger partial charge in [-0.2, -0.15) is 0 Å². The van der Waals surface area contributed by atoms with Crippen molar-refractivity contribution in [2.24, 2.45) is 5.92 Å². The summed E-state index contributed by atoms with van der Waals surface area (Å²) in [5, 5.41) is 9.27. The summed E-state index contributed by atoms with van der Waals surface area (Å²) in [6.07, 6.45) is 1.35. The van der Waals surface area contributed by atoms with E-state index in [2.05, 4.69) is 0 Å². The van der Waals surface area contributed by atoms with Gasteiger partial charge in [0.15, 0.2) is 0 Å². The van der Waals surface area contributed by atoms with Crippen LogP contribution in [0.2, 0.25) is 0 Å². The Morgan fingerprint density at radius 1 is 0.952 bits per heavy atom. The maximum atomic E-state index is 11.3. The van der Waals surface area contributed by atoms with Gasteiger partial charge in [-0.05, 0) is 24.0 Å². The number of carboxylic acids is 1. The number of carbonyl (C=O) groups is 1. The fourth-order valence-electron chi connectivity index (χ4n) is 2.16. The molecule has 0 aliphatic rings. The first-order valence-corrected chi connectivity index (χ1v) is 7.14. The van der Waals surface area contributed by atoms with Crippen molar-refractivity contribution in [1.82, 2.24) is 0 Å². The number of hydrogen-bond donors (Lipinski definition) is 1. The number of carboxylic acid groups (broad SMARTS) is 1. The average molecular weight is 284 g/mol. The minimum absolute atomic E-state index is 0.247. The first-order chi connectivity index (χ1) is 10.3. The summed E-state index contributed by atoms with van der Waals surface area (Å²) in [7, 11) is 0. The Balaban J connectivity index is 1.78. The molecule has 3 nitrogen and oxygen atoms in total. The molecule has 0 saturated heterocycles. The highest BCUT2D eigenvalue weighted by molar-refractivity contribution is 5.70. The van der Waals surface area contributed by atoms with Crippen LogP contribution in [0, 0.1) is 5.92 Å². The van der Waals surface area contributed by atoms with Crippen LogP contribution in [0.25, 0.3) is 0 Å². The smallest absolute Gasteiger partial charge is 0.308 e. The van der Waals surface area contributed by atoms with Crippen LogP contribution in [-0.2, 0) is 22.6 Å². The minimum atomic E-state index is -0.793. The molecule has 2 aromatic carbocycles. The summed E-state index contributed by atoms with van der Waals surface area (Å²) in [6, 6.07) is 19.7. The Morgan fingerprint density at radius 3 is 2.10 bits per heavy atom. The van der Waals surface area contributed by atoms with E-state index in [0.29, 0.717) is 13.0 Å². The molecule has 1 atom stereocenters. The van der Waals surface area contributed by atoms with E-state index in [0.717, 1.165) is 17.5 Å². The molecule has 0 saturated carbocycles. The fourth-order valence-corrected chi connectivity index (χ4v) is 2.16. The van der Waals surface area contributed by atoms with Crippen LogP contribution >= 0.6 is 0 Å². The Hall–Kier alpha value is -2.13. The molecule has 0 radical (unpaired) electrons. The third kappa shape index (κ3) is 5.40. The van der Waals surface area contributed by atoms with Crippen LogP contribution in [0.3, 0.4) is 0 Å². The van der Waals surface area contributed by atoms with Crippen LogP contribution in [0.1, 0.15) is 17.5 Å². The van der Waals surface area contributed by atoms with Gasteiger partial charge in [-0.25, -0.2) is 0 Å². The summed E-state index contributed by atoms with van der Waals surface area (Å²) in [4.78, 5) is 11.3. The number of aliphatic carboxylic acids is 1. The van der Waals surface area contributed by atoms with Crippen LogP contribution < -0.4 is 0 Å². The highest BCUT2D eigenvalue weighted by Crippen LogP contribution is 2.12. The molecule has 110 valence electrons. The molecule has 2 aromatic rings. The van der Waals surface area contributed by atoms with Gasteiger partial charge in [-0.15, -0.1) is 0 Å². The van der Waals surface area contributed by atoms with Gasteiger partial charge < -0.3 is 9.84 Å². The molecule has 2 rings (SSSR count). The third-order valence-electron chi connectivity index (χ3n) is 3.40. The number of hydrogen-bond acceptors (Lipinski definition) is 2. The lowest BCUT2D eigenvalue weighted by Crippen LogP contribution is -2.20. The topological polar surface area (TPSA) is 46.5 Å². The van der Waals surface area contributed by atoms with Crippen LogP contribution in [-0.4, -0.2) is 17.7 Å². The maximum Gasteiger partial charge on any atom is 0.308 e. The second kappa shape index (κ2) is 8.22. The summed E-state index contributed by atoms with van der Waals surface area (Å²) in [5.74, 6) is -1.26. The van der Waals surface area contributed by atoms with Gasteiger partial charge >= 0.3 is 5.97 Å². The molecule has 0 amide bonds. The third-order valence-corrected chi connectivity index (χ3v) is 3.40. The predicted molar refractivity (Wildman–Crippen MR) is 82.0 cm³/mol. The molecule has 0 fully saturated rings. The Labute approximate surface area is 125 Å². The van der Waals surface area contributed by atoms with Gasteiger partial charge in [-0.3, -0.25) is 4.79 Å². The lowest BCUT2D eigenvalue weighted by Gasteiger charge is -2.13. The van der Waals surface area contributed by atoms with Crippen LogP contribution in [0.4, 0.5) is 0 Å². The molecule has 0 aromatic heterocycles. The summed E-state index contributed by atoms with van der Waals surface area (Å²) < 4.78 is 5.55. The van der Waals surface area contributed by atoms with Gasteiger partial charge in [0.05, 0.1) is 19.1 Å². The Morgan fingerprint density at radius 2 is 1.52 bits per heavy atom. The molecule has 0 aliphatic heterocycles. The molecule has 3 heteroatoms. The van der Waals surface area contributed by atoms with E-state index in [1.165, 1.54) is 0 Å². The zero-order valence-electron chi connectivity index (χ0n) is 11.9. The van der Waals surface area contributed by atoms with E-state index in [1.807, 2.05) is 60.7 Å². The van der Waals surface area contributed by atoms with Crippen molar-refractivity contribution in [3.8, 4) is 0 Å². The lowest BCUT2D eigenvalue weighted by atomic mass is 10.0. The van der Waals surface area contributed by atoms with Gasteiger partial charge in [0.2, 0.25) is 0 Å². The molecule has 0 bridgehead atoms. The predicted octanol–water partition coefficient (Wildman–Crippen LogP) is 3.54. The van der Waals surface area contributed by atoms with E-state index in [4.69, 9.17) is 4.74 Å². The molecule has 0 spiro atoms. The standard InChI is InChI=1S/C18H20O3/c19-18(20)17(12-11-15-7-3-1-4-8-15)14-21-13-16-9-5-2-6-10-16/h1-10,17H,11-14H2,(H,19,20). The Kier molecular flexibility index (Phi) is 5.98. The lowest BCUT2D eigenvalue weighted by molar-refractivity contribution is -0.144. The SMILES string of the molecule is O=C(O)C(CCc1ccccc1)COCc1ccccc1. The van der Waals surface area contributed by atoms with Crippen molar-refractivity contribution in [2.45, 2.75) is 19.4 Å². The number of rotatable bonds is 8. The molecule has 0 aliphatic carbocycles. The van der Waals surface area contributed by atoms with Gasteiger partial charge in [-0.1, -0.05) is 60.7 Å². The molecule has 0 heterocycles. The van der Waals surface area contributed by atoms with E-state index in [-0.39, 0.29) is 6.61 Å². The summed E-state index contributed by atoms with van der Waals surface area (Å²) >= 11 is 0. The number of benzene rings is 2. The van der Waals surface area contributed by atoms with E-state index < -0.39 is 11.9 Å². The zero-order valence-corrected chi connectivity index (χ0v) is 11.9. The molecule has 1 unspecified atom stereocenters. The van der Waals surface area contributed by atoms with Crippen molar-refractivity contribution >= 4 is 5.97 Å². The first-order valence-electron chi connectivity index (χ1n) is 7.14. The minimum Gasteiger partial charge on any atom is -0.481 e. The largest absolute Gasteiger partial charge is 0.481 e. The first kappa shape index (κ1) is 15.3. The highest BCUT2D eigenvalue weighted by Gasteiger charge is 2.17. The monoisotopic (exact) mass is 284 g/mol. The van der Waals surface area contributed by atoms with Crippen LogP contribution in [0.5, 0.6) is 0 Å². The zero-order chi connectivity index (χ0) is 14.9. The molecule has 21 heavy (non-hydrogen) atoms. The summed E-state index contributed by atoms with van der Waals surface area (Å²) in [6.45, 7) is 0.701. The molecule has 1 N–H and O–H groups in total.